The number of hydrogen-bond acceptors (Lipinski definition) is 8. The fourth-order valence-corrected chi connectivity index (χ4v) is 4.45. The highest BCUT2D eigenvalue weighted by Crippen LogP contribution is 2.30. The molecule has 4 rings (SSSR count). The summed E-state index contributed by atoms with van der Waals surface area (Å²) in [4.78, 5) is 38.4. The van der Waals surface area contributed by atoms with Crippen LogP contribution in [0.5, 0.6) is 0 Å². The second-order valence-corrected chi connectivity index (χ2v) is 9.17. The maximum absolute atomic E-state index is 12.7. The fourth-order valence-electron chi connectivity index (χ4n) is 4.31. The molecule has 2 aromatic carbocycles. The quantitative estimate of drug-likeness (QED) is 0.309. The van der Waals surface area contributed by atoms with Gasteiger partial charge in [-0.1, -0.05) is 37.6 Å². The Balaban J connectivity index is 1.58. The van der Waals surface area contributed by atoms with E-state index in [1.165, 1.54) is 6.20 Å². The third-order valence-corrected chi connectivity index (χ3v) is 6.76. The first-order chi connectivity index (χ1) is 18.4. The van der Waals surface area contributed by atoms with Gasteiger partial charge in [0.2, 0.25) is 5.95 Å². The van der Waals surface area contributed by atoms with Crippen LogP contribution in [0, 0.1) is 0 Å². The molecule has 0 fully saturated rings. The van der Waals surface area contributed by atoms with Crippen molar-refractivity contribution in [3.05, 3.63) is 64.8 Å². The average molecular weight is 537 g/mol. The Morgan fingerprint density at radius 1 is 1.16 bits per heavy atom. The molecule has 200 valence electrons. The number of benzene rings is 2. The number of nitrogens with zero attached hydrogens (tertiary/aromatic N) is 4. The molecule has 10 nitrogen and oxygen atoms in total. The molecule has 0 aliphatic carbocycles. The molecule has 0 bridgehead atoms. The summed E-state index contributed by atoms with van der Waals surface area (Å²) in [5.41, 5.74) is 3.28. The Morgan fingerprint density at radius 3 is 2.71 bits per heavy atom. The number of aromatic nitrogens is 2. The molecular weight excluding hydrogens is 504 g/mol. The molecule has 1 aromatic heterocycles. The van der Waals surface area contributed by atoms with E-state index in [0.29, 0.717) is 40.1 Å². The van der Waals surface area contributed by atoms with Gasteiger partial charge in [0.1, 0.15) is 5.02 Å². The summed E-state index contributed by atoms with van der Waals surface area (Å²) in [7, 11) is 1.58. The van der Waals surface area contributed by atoms with E-state index in [1.54, 1.807) is 25.2 Å². The molecule has 0 atom stereocenters. The number of anilines is 5. The van der Waals surface area contributed by atoms with Crippen molar-refractivity contribution in [3.63, 3.8) is 0 Å². The number of carbonyl (C=O) groups is 2. The van der Waals surface area contributed by atoms with Gasteiger partial charge in [-0.25, -0.2) is 4.98 Å². The number of carbonyl (C=O) groups excluding carboxylic acids is 2. The van der Waals surface area contributed by atoms with Gasteiger partial charge in [-0.2, -0.15) is 4.98 Å². The molecule has 1 aliphatic rings. The second kappa shape index (κ2) is 12.6. The summed E-state index contributed by atoms with van der Waals surface area (Å²) < 4.78 is 0. The number of amides is 2. The van der Waals surface area contributed by atoms with Crippen molar-refractivity contribution in [3.8, 4) is 0 Å². The SMILES string of the molecule is CCN(CC)CCN1CCNC(=O)c2ccc(Nc3ncc(Cl)c(Nc4ccccc4C(=O)NC)n3)cc21. The lowest BCUT2D eigenvalue weighted by Gasteiger charge is -2.28. The summed E-state index contributed by atoms with van der Waals surface area (Å²) in [6, 6.07) is 12.7. The Labute approximate surface area is 227 Å². The summed E-state index contributed by atoms with van der Waals surface area (Å²) in [6.07, 6.45) is 1.50. The zero-order chi connectivity index (χ0) is 27.1. The number of rotatable bonds is 10. The van der Waals surface area contributed by atoms with Crippen LogP contribution in [0.2, 0.25) is 5.02 Å². The van der Waals surface area contributed by atoms with E-state index in [-0.39, 0.29) is 11.8 Å². The first kappa shape index (κ1) is 27.2. The molecule has 4 N–H and O–H groups in total. The van der Waals surface area contributed by atoms with Crippen molar-refractivity contribution in [1.82, 2.24) is 25.5 Å². The lowest BCUT2D eigenvalue weighted by Crippen LogP contribution is -2.37. The lowest BCUT2D eigenvalue weighted by atomic mass is 10.1. The number of halogens is 1. The summed E-state index contributed by atoms with van der Waals surface area (Å²) >= 11 is 6.38. The molecule has 0 spiro atoms. The molecule has 0 saturated carbocycles. The van der Waals surface area contributed by atoms with E-state index in [2.05, 4.69) is 54.9 Å². The molecule has 1 aliphatic heterocycles. The maximum Gasteiger partial charge on any atom is 0.253 e. The Bertz CT molecular complexity index is 1300. The van der Waals surface area contributed by atoms with Gasteiger partial charge in [0.05, 0.1) is 28.7 Å². The lowest BCUT2D eigenvalue weighted by molar-refractivity contribution is 0.0952. The highest BCUT2D eigenvalue weighted by molar-refractivity contribution is 6.33. The van der Waals surface area contributed by atoms with Crippen LogP contribution in [0.25, 0.3) is 0 Å². The van der Waals surface area contributed by atoms with E-state index >= 15 is 0 Å². The van der Waals surface area contributed by atoms with Gasteiger partial charge in [-0.05, 0) is 43.4 Å². The van der Waals surface area contributed by atoms with Gasteiger partial charge in [0, 0.05) is 38.9 Å². The predicted molar refractivity (Wildman–Crippen MR) is 152 cm³/mol. The highest BCUT2D eigenvalue weighted by atomic mass is 35.5. The van der Waals surface area contributed by atoms with Gasteiger partial charge < -0.3 is 31.1 Å². The van der Waals surface area contributed by atoms with Gasteiger partial charge in [0.15, 0.2) is 5.82 Å². The Hall–Kier alpha value is -3.89. The van der Waals surface area contributed by atoms with Crippen LogP contribution < -0.4 is 26.2 Å². The molecule has 3 aromatic rings. The monoisotopic (exact) mass is 536 g/mol. The van der Waals surface area contributed by atoms with Crippen molar-refractivity contribution >= 4 is 52.2 Å². The third-order valence-electron chi connectivity index (χ3n) is 6.48. The minimum Gasteiger partial charge on any atom is -0.368 e. The normalized spacial score (nSPS) is 13.0. The zero-order valence-corrected chi connectivity index (χ0v) is 22.6. The second-order valence-electron chi connectivity index (χ2n) is 8.77. The maximum atomic E-state index is 12.7. The molecule has 11 heteroatoms. The molecule has 0 saturated heterocycles. The van der Waals surface area contributed by atoms with Crippen LogP contribution in [0.1, 0.15) is 34.6 Å². The molecular formula is C27H33ClN8O2. The van der Waals surface area contributed by atoms with Gasteiger partial charge >= 0.3 is 0 Å². The van der Waals surface area contributed by atoms with Crippen LogP contribution in [0.3, 0.4) is 0 Å². The predicted octanol–water partition coefficient (Wildman–Crippen LogP) is 3.87. The highest BCUT2D eigenvalue weighted by Gasteiger charge is 2.22. The number of fused-ring (bicyclic) bond motifs is 1. The third kappa shape index (κ3) is 6.32. The zero-order valence-electron chi connectivity index (χ0n) is 21.8. The van der Waals surface area contributed by atoms with Gasteiger partial charge in [-0.3, -0.25) is 9.59 Å². The Kier molecular flexibility index (Phi) is 8.98. The van der Waals surface area contributed by atoms with Crippen LogP contribution in [-0.4, -0.2) is 73.0 Å². The van der Waals surface area contributed by atoms with Gasteiger partial charge in [0.25, 0.3) is 11.8 Å². The largest absolute Gasteiger partial charge is 0.368 e. The van der Waals surface area contributed by atoms with Crippen LogP contribution in [0.4, 0.5) is 28.8 Å². The minimum atomic E-state index is -0.226. The average Bonchev–Trinajstić information content (AvgIpc) is 3.09. The van der Waals surface area contributed by atoms with E-state index in [4.69, 9.17) is 11.6 Å². The van der Waals surface area contributed by atoms with Crippen molar-refractivity contribution in [2.45, 2.75) is 13.8 Å². The van der Waals surface area contributed by atoms with Crippen LogP contribution in [0.15, 0.2) is 48.7 Å². The van der Waals surface area contributed by atoms with Gasteiger partial charge in [-0.15, -0.1) is 0 Å². The minimum absolute atomic E-state index is 0.0825. The first-order valence-corrected chi connectivity index (χ1v) is 13.1. The molecule has 2 amide bonds. The number of nitrogens with one attached hydrogen (secondary N) is 4. The molecule has 0 radical (unpaired) electrons. The van der Waals surface area contributed by atoms with E-state index in [9.17, 15) is 9.59 Å². The standard InChI is InChI=1S/C27H33ClN8O2/c1-4-35(5-2)14-15-36-13-12-30-26(38)20-11-10-18(16-23(20)36)32-27-31-17-21(28)24(34-27)33-22-9-7-6-8-19(22)25(37)29-3/h6-11,16-17H,4-5,12-15H2,1-3H3,(H,29,37)(H,30,38)(H2,31,32,33,34). The number of para-hydroxylation sites is 1. The molecule has 2 heterocycles. The van der Waals surface area contributed by atoms with Crippen LogP contribution >= 0.6 is 11.6 Å². The molecule has 0 unspecified atom stereocenters. The van der Waals surface area contributed by atoms with Crippen molar-refractivity contribution in [2.24, 2.45) is 0 Å². The first-order valence-electron chi connectivity index (χ1n) is 12.7. The van der Waals surface area contributed by atoms with Crippen molar-refractivity contribution in [1.29, 1.82) is 0 Å². The number of likely N-dealkylation sites (N-methyl/N-ethyl adjacent to an activating group) is 1. The smallest absolute Gasteiger partial charge is 0.253 e. The van der Waals surface area contributed by atoms with Crippen molar-refractivity contribution in [2.75, 3.05) is 61.8 Å². The number of hydrogen-bond donors (Lipinski definition) is 4. The molecule has 38 heavy (non-hydrogen) atoms. The van der Waals surface area contributed by atoms with E-state index in [0.717, 1.165) is 44.1 Å². The van der Waals surface area contributed by atoms with Crippen LogP contribution in [-0.2, 0) is 0 Å². The summed E-state index contributed by atoms with van der Waals surface area (Å²) in [5, 5.41) is 12.3. The summed E-state index contributed by atoms with van der Waals surface area (Å²) in [5.74, 6) is 0.370. The van der Waals surface area contributed by atoms with E-state index in [1.807, 2.05) is 24.3 Å². The Morgan fingerprint density at radius 2 is 1.95 bits per heavy atom. The fraction of sp³-hybridized carbons (Fsp3) is 0.333. The topological polar surface area (TPSA) is 115 Å². The van der Waals surface area contributed by atoms with Crippen molar-refractivity contribution < 1.29 is 9.59 Å². The van der Waals surface area contributed by atoms with E-state index < -0.39 is 0 Å². The summed E-state index contributed by atoms with van der Waals surface area (Å²) in [6.45, 7) is 9.29.